The maximum atomic E-state index is 14.0. The minimum atomic E-state index is -0.476. The fraction of sp³-hybridized carbons (Fsp3) is 0.588. The third-order valence-electron chi connectivity index (χ3n) is 4.42. The third kappa shape index (κ3) is 3.83. The van der Waals surface area contributed by atoms with E-state index in [1.807, 2.05) is 0 Å². The number of rotatable bonds is 6. The number of benzene rings is 1. The first-order chi connectivity index (χ1) is 10.6. The van der Waals surface area contributed by atoms with Crippen LogP contribution < -0.4 is 5.32 Å². The number of carbonyl (C=O) groups excluding carboxylic acids is 1. The van der Waals surface area contributed by atoms with Crippen LogP contribution in [-0.2, 0) is 9.53 Å². The van der Waals surface area contributed by atoms with E-state index in [1.54, 1.807) is 0 Å². The molecule has 1 saturated carbocycles. The van der Waals surface area contributed by atoms with Crippen LogP contribution in [0.5, 0.6) is 0 Å². The normalized spacial score (nSPS) is 22.5. The molecular formula is C17H21F2NO2. The first-order valence-corrected chi connectivity index (χ1v) is 7.99. The predicted molar refractivity (Wildman–Crippen MR) is 78.2 cm³/mol. The average Bonchev–Trinajstić information content (AvgIpc) is 3.21. The Morgan fingerprint density at radius 2 is 2.14 bits per heavy atom. The van der Waals surface area contributed by atoms with Crippen LogP contribution in [-0.4, -0.2) is 18.6 Å². The SMILES string of the molecule is O=C(CCC1CCCO1)NC(c1cc(F)ccc1F)C1CC1. The molecule has 2 aliphatic rings. The zero-order chi connectivity index (χ0) is 15.5. The van der Waals surface area contributed by atoms with Crippen molar-refractivity contribution in [1.82, 2.24) is 5.32 Å². The largest absolute Gasteiger partial charge is 0.378 e. The van der Waals surface area contributed by atoms with Gasteiger partial charge >= 0.3 is 0 Å². The van der Waals surface area contributed by atoms with Gasteiger partial charge in [-0.05, 0) is 56.2 Å². The van der Waals surface area contributed by atoms with E-state index in [2.05, 4.69) is 5.32 Å². The van der Waals surface area contributed by atoms with E-state index in [0.717, 1.165) is 44.4 Å². The van der Waals surface area contributed by atoms with Crippen LogP contribution in [0.1, 0.15) is 50.1 Å². The summed E-state index contributed by atoms with van der Waals surface area (Å²) >= 11 is 0. The number of amides is 1. The highest BCUT2D eigenvalue weighted by Gasteiger charge is 2.35. The summed E-state index contributed by atoms with van der Waals surface area (Å²) in [5.74, 6) is -0.840. The van der Waals surface area contributed by atoms with Crippen LogP contribution in [0.4, 0.5) is 8.78 Å². The molecule has 22 heavy (non-hydrogen) atoms. The van der Waals surface area contributed by atoms with Gasteiger partial charge in [-0.2, -0.15) is 0 Å². The Morgan fingerprint density at radius 3 is 2.82 bits per heavy atom. The van der Waals surface area contributed by atoms with Gasteiger partial charge in [0.15, 0.2) is 0 Å². The lowest BCUT2D eigenvalue weighted by Crippen LogP contribution is -2.31. The number of halogens is 2. The van der Waals surface area contributed by atoms with E-state index in [4.69, 9.17) is 4.74 Å². The Hall–Kier alpha value is -1.49. The van der Waals surface area contributed by atoms with E-state index in [1.165, 1.54) is 6.07 Å². The van der Waals surface area contributed by atoms with Crippen LogP contribution in [0.15, 0.2) is 18.2 Å². The van der Waals surface area contributed by atoms with Gasteiger partial charge in [-0.15, -0.1) is 0 Å². The van der Waals surface area contributed by atoms with Gasteiger partial charge < -0.3 is 10.1 Å². The summed E-state index contributed by atoms with van der Waals surface area (Å²) in [6, 6.07) is 2.99. The molecule has 1 amide bonds. The Bertz CT molecular complexity index is 539. The Morgan fingerprint density at radius 1 is 1.32 bits per heavy atom. The topological polar surface area (TPSA) is 38.3 Å². The maximum absolute atomic E-state index is 14.0. The van der Waals surface area contributed by atoms with Gasteiger partial charge in [0, 0.05) is 18.6 Å². The molecule has 0 spiro atoms. The van der Waals surface area contributed by atoms with Crippen molar-refractivity contribution in [2.75, 3.05) is 6.61 Å². The first-order valence-electron chi connectivity index (χ1n) is 7.99. The van der Waals surface area contributed by atoms with Gasteiger partial charge in [0.25, 0.3) is 0 Å². The molecule has 5 heteroatoms. The second-order valence-corrected chi connectivity index (χ2v) is 6.22. The van der Waals surface area contributed by atoms with Gasteiger partial charge in [0.2, 0.25) is 5.91 Å². The quantitative estimate of drug-likeness (QED) is 0.873. The fourth-order valence-corrected chi connectivity index (χ4v) is 3.04. The summed E-state index contributed by atoms with van der Waals surface area (Å²) in [6.07, 6.45) is 5.14. The second kappa shape index (κ2) is 6.73. The van der Waals surface area contributed by atoms with Crippen molar-refractivity contribution < 1.29 is 18.3 Å². The molecule has 0 aromatic heterocycles. The molecule has 3 rings (SSSR count). The van der Waals surface area contributed by atoms with E-state index < -0.39 is 17.7 Å². The van der Waals surface area contributed by atoms with Crippen LogP contribution in [0, 0.1) is 17.6 Å². The van der Waals surface area contributed by atoms with Gasteiger partial charge in [-0.3, -0.25) is 4.79 Å². The lowest BCUT2D eigenvalue weighted by Gasteiger charge is -2.20. The van der Waals surface area contributed by atoms with Crippen LogP contribution in [0.2, 0.25) is 0 Å². The fourth-order valence-electron chi connectivity index (χ4n) is 3.04. The van der Waals surface area contributed by atoms with Crippen molar-refractivity contribution >= 4 is 5.91 Å². The molecule has 1 aromatic carbocycles. The van der Waals surface area contributed by atoms with Gasteiger partial charge in [-0.1, -0.05) is 0 Å². The van der Waals surface area contributed by atoms with Crippen molar-refractivity contribution in [3.05, 3.63) is 35.4 Å². The molecule has 2 atom stereocenters. The predicted octanol–water partition coefficient (Wildman–Crippen LogP) is 3.49. The van der Waals surface area contributed by atoms with Gasteiger partial charge in [-0.25, -0.2) is 8.78 Å². The number of hydrogen-bond acceptors (Lipinski definition) is 2. The maximum Gasteiger partial charge on any atom is 0.220 e. The second-order valence-electron chi connectivity index (χ2n) is 6.22. The summed E-state index contributed by atoms with van der Waals surface area (Å²) in [5.41, 5.74) is 0.257. The number of nitrogens with one attached hydrogen (secondary N) is 1. The van der Waals surface area contributed by atoms with Crippen LogP contribution >= 0.6 is 0 Å². The van der Waals surface area contributed by atoms with E-state index >= 15 is 0 Å². The summed E-state index contributed by atoms with van der Waals surface area (Å²) < 4.78 is 32.8. The summed E-state index contributed by atoms with van der Waals surface area (Å²) in [5, 5.41) is 2.89. The highest BCUT2D eigenvalue weighted by atomic mass is 19.1. The van der Waals surface area contributed by atoms with Crippen molar-refractivity contribution in [3.8, 4) is 0 Å². The van der Waals surface area contributed by atoms with Crippen molar-refractivity contribution in [2.24, 2.45) is 5.92 Å². The molecule has 1 saturated heterocycles. The average molecular weight is 309 g/mol. The molecule has 1 aliphatic heterocycles. The molecule has 0 radical (unpaired) electrons. The van der Waals surface area contributed by atoms with Crippen molar-refractivity contribution in [2.45, 2.75) is 50.7 Å². The van der Waals surface area contributed by atoms with Crippen LogP contribution in [0.25, 0.3) is 0 Å². The molecular weight excluding hydrogens is 288 g/mol. The van der Waals surface area contributed by atoms with Crippen molar-refractivity contribution in [3.63, 3.8) is 0 Å². The number of ether oxygens (including phenoxy) is 1. The molecule has 120 valence electrons. The molecule has 1 aromatic rings. The highest BCUT2D eigenvalue weighted by molar-refractivity contribution is 5.76. The Kier molecular flexibility index (Phi) is 4.71. The molecule has 2 unspecified atom stereocenters. The number of hydrogen-bond donors (Lipinski definition) is 1. The molecule has 1 aliphatic carbocycles. The molecule has 1 heterocycles. The van der Waals surface area contributed by atoms with E-state index in [0.29, 0.717) is 12.8 Å². The minimum absolute atomic E-state index is 0.115. The lowest BCUT2D eigenvalue weighted by molar-refractivity contribution is -0.122. The van der Waals surface area contributed by atoms with Gasteiger partial charge in [0.1, 0.15) is 11.6 Å². The smallest absolute Gasteiger partial charge is 0.220 e. The third-order valence-corrected chi connectivity index (χ3v) is 4.42. The minimum Gasteiger partial charge on any atom is -0.378 e. The number of carbonyl (C=O) groups is 1. The molecule has 0 bridgehead atoms. The van der Waals surface area contributed by atoms with Gasteiger partial charge in [0.05, 0.1) is 12.1 Å². The first kappa shape index (κ1) is 15.4. The summed E-state index contributed by atoms with van der Waals surface area (Å²) in [7, 11) is 0. The Balaban J connectivity index is 1.61. The summed E-state index contributed by atoms with van der Waals surface area (Å²) in [6.45, 7) is 0.769. The van der Waals surface area contributed by atoms with Crippen LogP contribution in [0.3, 0.4) is 0 Å². The van der Waals surface area contributed by atoms with E-state index in [9.17, 15) is 13.6 Å². The Labute approximate surface area is 129 Å². The zero-order valence-corrected chi connectivity index (χ0v) is 12.5. The summed E-state index contributed by atoms with van der Waals surface area (Å²) in [4.78, 5) is 12.1. The molecule has 1 N–H and O–H groups in total. The molecule has 2 fully saturated rings. The monoisotopic (exact) mass is 309 g/mol. The lowest BCUT2D eigenvalue weighted by atomic mass is 10.0. The standard InChI is InChI=1S/C17H21F2NO2/c18-12-5-7-15(19)14(10-12)17(11-3-4-11)20-16(21)8-6-13-2-1-9-22-13/h5,7,10-11,13,17H,1-4,6,8-9H2,(H,20,21). The van der Waals surface area contributed by atoms with Crippen molar-refractivity contribution in [1.29, 1.82) is 0 Å². The zero-order valence-electron chi connectivity index (χ0n) is 12.5. The molecule has 3 nitrogen and oxygen atoms in total. The highest BCUT2D eigenvalue weighted by Crippen LogP contribution is 2.42. The van der Waals surface area contributed by atoms with E-state index in [-0.39, 0.29) is 23.5 Å².